The molecule has 1 aromatic heterocycles. The molecule has 0 saturated heterocycles. The molecule has 0 aliphatic heterocycles. The molecule has 1 aromatic rings. The summed E-state index contributed by atoms with van der Waals surface area (Å²) in [6.07, 6.45) is -2.18. The predicted octanol–water partition coefficient (Wildman–Crippen LogP) is 1.44. The van der Waals surface area contributed by atoms with Crippen LogP contribution in [0, 0.1) is 0 Å². The minimum absolute atomic E-state index is 0.340. The minimum atomic E-state index is -2.98. The fourth-order valence-corrected chi connectivity index (χ4v) is 0.851. The zero-order valence-electron chi connectivity index (χ0n) is 6.66. The lowest BCUT2D eigenvalue weighted by Crippen LogP contribution is -1.93. The monoisotopic (exact) mass is 191 g/mol. The van der Waals surface area contributed by atoms with Gasteiger partial charge in [-0.25, -0.2) is 13.8 Å². The highest BCUT2D eigenvalue weighted by molar-refractivity contribution is 5.48. The van der Waals surface area contributed by atoms with Crippen molar-refractivity contribution in [1.29, 1.82) is 0 Å². The molecule has 0 aromatic carbocycles. The molecule has 1 rings (SSSR count). The molecule has 6 heteroatoms. The molecule has 0 atom stereocenters. The highest BCUT2D eigenvalue weighted by atomic mass is 19.3. The molecule has 0 bridgehead atoms. The number of rotatable bonds is 2. The van der Waals surface area contributed by atoms with Crippen LogP contribution in [0.4, 0.5) is 8.78 Å². The van der Waals surface area contributed by atoms with Crippen LogP contribution in [0.1, 0.15) is 12.0 Å². The molecule has 0 aliphatic rings. The summed E-state index contributed by atoms with van der Waals surface area (Å²) in [5.41, 5.74) is -0.869. The molecule has 0 fully saturated rings. The zero-order chi connectivity index (χ0) is 10.0. The van der Waals surface area contributed by atoms with E-state index < -0.39 is 23.5 Å². The first-order chi connectivity index (χ1) is 6.07. The lowest BCUT2D eigenvalue weighted by Gasteiger charge is -2.08. The number of nitrogens with zero attached hydrogens (tertiary/aromatic N) is 1. The molecule has 72 valence electrons. The van der Waals surface area contributed by atoms with Gasteiger partial charge in [0.15, 0.2) is 5.75 Å². The lowest BCUT2D eigenvalue weighted by atomic mass is 10.2. The van der Waals surface area contributed by atoms with E-state index in [0.717, 1.165) is 6.20 Å². The van der Waals surface area contributed by atoms with Crippen molar-refractivity contribution in [2.45, 2.75) is 6.43 Å². The SMILES string of the molecule is COc1ncc(O)c(C(F)F)c1O. The Balaban J connectivity index is 3.30. The summed E-state index contributed by atoms with van der Waals surface area (Å²) in [5, 5.41) is 18.0. The summed E-state index contributed by atoms with van der Waals surface area (Å²) in [5.74, 6) is -1.93. The molecule has 13 heavy (non-hydrogen) atoms. The summed E-state index contributed by atoms with van der Waals surface area (Å²) < 4.78 is 28.9. The van der Waals surface area contributed by atoms with Crippen molar-refractivity contribution >= 4 is 0 Å². The van der Waals surface area contributed by atoms with E-state index in [0.29, 0.717) is 0 Å². The Bertz CT molecular complexity index is 317. The molecule has 0 spiro atoms. The number of aromatic hydroxyl groups is 2. The average Bonchev–Trinajstić information content (AvgIpc) is 2.04. The number of hydrogen-bond donors (Lipinski definition) is 2. The maximum atomic E-state index is 12.2. The topological polar surface area (TPSA) is 62.6 Å². The number of ether oxygens (including phenoxy) is 1. The predicted molar refractivity (Wildman–Crippen MR) is 39.1 cm³/mol. The fourth-order valence-electron chi connectivity index (χ4n) is 0.851. The molecule has 1 heterocycles. The van der Waals surface area contributed by atoms with Crippen molar-refractivity contribution in [3.05, 3.63) is 11.8 Å². The van der Waals surface area contributed by atoms with Crippen LogP contribution in [0.25, 0.3) is 0 Å². The summed E-state index contributed by atoms with van der Waals surface area (Å²) in [7, 11) is 1.17. The van der Waals surface area contributed by atoms with Crippen LogP contribution in [0.5, 0.6) is 17.4 Å². The van der Waals surface area contributed by atoms with Crippen LogP contribution >= 0.6 is 0 Å². The third-order valence-corrected chi connectivity index (χ3v) is 1.45. The van der Waals surface area contributed by atoms with Gasteiger partial charge in [-0.05, 0) is 0 Å². The Kier molecular flexibility index (Phi) is 2.50. The Morgan fingerprint density at radius 1 is 1.46 bits per heavy atom. The second-order valence-corrected chi connectivity index (χ2v) is 2.22. The quantitative estimate of drug-likeness (QED) is 0.742. The van der Waals surface area contributed by atoms with Crippen molar-refractivity contribution in [3.8, 4) is 17.4 Å². The van der Waals surface area contributed by atoms with E-state index in [9.17, 15) is 8.78 Å². The highest BCUT2D eigenvalue weighted by Gasteiger charge is 2.22. The number of methoxy groups -OCH3 is 1. The third kappa shape index (κ3) is 1.61. The van der Waals surface area contributed by atoms with Gasteiger partial charge in [0.2, 0.25) is 0 Å². The second kappa shape index (κ2) is 3.42. The van der Waals surface area contributed by atoms with E-state index in [1.54, 1.807) is 0 Å². The summed E-state index contributed by atoms with van der Waals surface area (Å²) in [4.78, 5) is 3.38. The molecule has 0 amide bonds. The van der Waals surface area contributed by atoms with Gasteiger partial charge in [0, 0.05) is 0 Å². The first kappa shape index (κ1) is 9.50. The van der Waals surface area contributed by atoms with Crippen molar-refractivity contribution in [2.75, 3.05) is 7.11 Å². The molecule has 0 saturated carbocycles. The largest absolute Gasteiger partial charge is 0.506 e. The van der Waals surface area contributed by atoms with Gasteiger partial charge in [-0.1, -0.05) is 0 Å². The molecule has 4 nitrogen and oxygen atoms in total. The number of alkyl halides is 2. The maximum absolute atomic E-state index is 12.2. The number of aromatic nitrogens is 1. The van der Waals surface area contributed by atoms with E-state index >= 15 is 0 Å². The van der Waals surface area contributed by atoms with Crippen molar-refractivity contribution in [3.63, 3.8) is 0 Å². The van der Waals surface area contributed by atoms with Crippen molar-refractivity contribution in [1.82, 2.24) is 4.98 Å². The first-order valence-electron chi connectivity index (χ1n) is 3.31. The Hall–Kier alpha value is -1.59. The van der Waals surface area contributed by atoms with Gasteiger partial charge in [0.05, 0.1) is 13.3 Å². The van der Waals surface area contributed by atoms with E-state index in [-0.39, 0.29) is 5.88 Å². The van der Waals surface area contributed by atoms with Crippen LogP contribution in [0.3, 0.4) is 0 Å². The van der Waals surface area contributed by atoms with Gasteiger partial charge in [-0.2, -0.15) is 0 Å². The highest BCUT2D eigenvalue weighted by Crippen LogP contribution is 2.39. The van der Waals surface area contributed by atoms with Crippen LogP contribution < -0.4 is 4.74 Å². The van der Waals surface area contributed by atoms with E-state index in [1.807, 2.05) is 0 Å². The van der Waals surface area contributed by atoms with E-state index in [1.165, 1.54) is 7.11 Å². The van der Waals surface area contributed by atoms with Crippen LogP contribution in [-0.4, -0.2) is 22.3 Å². The standard InChI is InChI=1S/C7H7F2NO3/c1-13-7-5(12)4(6(8)9)3(11)2-10-7/h2,6,11-12H,1H3. The number of halogens is 2. The number of hydrogen-bond acceptors (Lipinski definition) is 4. The molecule has 0 aliphatic carbocycles. The molecular formula is C7H7F2NO3. The average molecular weight is 191 g/mol. The van der Waals surface area contributed by atoms with E-state index in [4.69, 9.17) is 10.2 Å². The van der Waals surface area contributed by atoms with Gasteiger partial charge in [0.1, 0.15) is 11.3 Å². The summed E-state index contributed by atoms with van der Waals surface area (Å²) in [6, 6.07) is 0. The normalized spacial score (nSPS) is 10.5. The van der Waals surface area contributed by atoms with Crippen LogP contribution in [-0.2, 0) is 0 Å². The second-order valence-electron chi connectivity index (χ2n) is 2.22. The van der Waals surface area contributed by atoms with Crippen LogP contribution in [0.15, 0.2) is 6.20 Å². The van der Waals surface area contributed by atoms with Crippen LogP contribution in [0.2, 0.25) is 0 Å². The maximum Gasteiger partial charge on any atom is 0.271 e. The van der Waals surface area contributed by atoms with Crippen molar-refractivity contribution in [2.24, 2.45) is 0 Å². The number of pyridine rings is 1. The van der Waals surface area contributed by atoms with Gasteiger partial charge in [0.25, 0.3) is 12.3 Å². The lowest BCUT2D eigenvalue weighted by molar-refractivity contribution is 0.142. The van der Waals surface area contributed by atoms with Gasteiger partial charge in [-0.3, -0.25) is 0 Å². The molecule has 0 unspecified atom stereocenters. The Morgan fingerprint density at radius 2 is 2.08 bits per heavy atom. The molecular weight excluding hydrogens is 184 g/mol. The summed E-state index contributed by atoms with van der Waals surface area (Å²) in [6.45, 7) is 0. The van der Waals surface area contributed by atoms with Crippen molar-refractivity contribution < 1.29 is 23.7 Å². The van der Waals surface area contributed by atoms with Gasteiger partial charge in [-0.15, -0.1) is 0 Å². The minimum Gasteiger partial charge on any atom is -0.506 e. The van der Waals surface area contributed by atoms with E-state index in [2.05, 4.69) is 9.72 Å². The van der Waals surface area contributed by atoms with Gasteiger partial charge >= 0.3 is 0 Å². The molecule has 0 radical (unpaired) electrons. The van der Waals surface area contributed by atoms with Gasteiger partial charge < -0.3 is 14.9 Å². The first-order valence-corrected chi connectivity index (χ1v) is 3.31. The molecule has 2 N–H and O–H groups in total. The Labute approximate surface area is 72.4 Å². The summed E-state index contributed by atoms with van der Waals surface area (Å²) >= 11 is 0. The fraction of sp³-hybridized carbons (Fsp3) is 0.286. The zero-order valence-corrected chi connectivity index (χ0v) is 6.66. The smallest absolute Gasteiger partial charge is 0.271 e. The Morgan fingerprint density at radius 3 is 2.54 bits per heavy atom. The third-order valence-electron chi connectivity index (χ3n) is 1.45.